The second-order valence-electron chi connectivity index (χ2n) is 9.61. The van der Waals surface area contributed by atoms with Gasteiger partial charge in [-0.1, -0.05) is 38.6 Å². The summed E-state index contributed by atoms with van der Waals surface area (Å²) in [5.41, 5.74) is 3.36. The van der Waals surface area contributed by atoms with Crippen LogP contribution in [0.2, 0.25) is 0 Å². The van der Waals surface area contributed by atoms with Crippen molar-refractivity contribution >= 4 is 39.4 Å². The monoisotopic (exact) mass is 540 g/mol. The highest BCUT2D eigenvalue weighted by atomic mass is 32.1. The SMILES string of the molecule is C=C(CN1CCCC1)C(=O)NC[C@@H](NC(=O)[C@H](Cc1nc2ccc(CC)cc2s1)NC(=O)NC)C(=C)CC. The van der Waals surface area contributed by atoms with Gasteiger partial charge in [0.1, 0.15) is 6.04 Å². The highest BCUT2D eigenvalue weighted by molar-refractivity contribution is 7.18. The van der Waals surface area contributed by atoms with Crippen molar-refractivity contribution in [3.8, 4) is 0 Å². The first-order chi connectivity index (χ1) is 18.2. The van der Waals surface area contributed by atoms with Crippen molar-refractivity contribution in [2.24, 2.45) is 0 Å². The molecule has 1 fully saturated rings. The number of fused-ring (bicyclic) bond motifs is 1. The fourth-order valence-electron chi connectivity index (χ4n) is 4.36. The third-order valence-electron chi connectivity index (χ3n) is 6.80. The van der Waals surface area contributed by atoms with Gasteiger partial charge in [0.25, 0.3) is 0 Å². The fraction of sp³-hybridized carbons (Fsp3) is 0.500. The van der Waals surface area contributed by atoms with E-state index in [1.165, 1.54) is 23.9 Å². The number of nitrogens with zero attached hydrogens (tertiary/aromatic N) is 2. The standard InChI is InChI=1S/C28H40N6O3S/c1-6-18(3)23(16-30-26(35)19(4)17-34-12-8-9-13-34)32-27(36)22(33-28(37)29-5)15-25-31-21-11-10-20(7-2)14-24(21)38-25/h10-11,14,22-23H,3-4,6-9,12-13,15-17H2,1-2,5H3,(H,30,35)(H,32,36)(H2,29,33,37)/t22-,23+/m0/s1. The topological polar surface area (TPSA) is 115 Å². The van der Waals surface area contributed by atoms with Crippen molar-refractivity contribution in [2.45, 2.75) is 58.0 Å². The van der Waals surface area contributed by atoms with Gasteiger partial charge in [-0.05, 0) is 56.5 Å². The highest BCUT2D eigenvalue weighted by Gasteiger charge is 2.26. The Morgan fingerprint density at radius 3 is 2.50 bits per heavy atom. The van der Waals surface area contributed by atoms with Gasteiger partial charge in [0.15, 0.2) is 0 Å². The molecule has 0 saturated carbocycles. The number of aromatic nitrogens is 1. The van der Waals surface area contributed by atoms with Gasteiger partial charge in [-0.25, -0.2) is 9.78 Å². The van der Waals surface area contributed by atoms with Crippen molar-refractivity contribution in [2.75, 3.05) is 33.2 Å². The molecule has 4 N–H and O–H groups in total. The average molecular weight is 541 g/mol. The van der Waals surface area contributed by atoms with Gasteiger partial charge in [0.2, 0.25) is 11.8 Å². The molecule has 38 heavy (non-hydrogen) atoms. The van der Waals surface area contributed by atoms with E-state index in [0.29, 0.717) is 18.5 Å². The highest BCUT2D eigenvalue weighted by Crippen LogP contribution is 2.24. The lowest BCUT2D eigenvalue weighted by molar-refractivity contribution is -0.124. The number of benzene rings is 1. The van der Waals surface area contributed by atoms with Gasteiger partial charge < -0.3 is 21.3 Å². The lowest BCUT2D eigenvalue weighted by Crippen LogP contribution is -2.54. The minimum atomic E-state index is -0.853. The Morgan fingerprint density at radius 1 is 1.11 bits per heavy atom. The van der Waals surface area contributed by atoms with Gasteiger partial charge in [-0.15, -0.1) is 11.3 Å². The number of thiazole rings is 1. The number of urea groups is 1. The van der Waals surface area contributed by atoms with E-state index in [0.717, 1.165) is 53.1 Å². The summed E-state index contributed by atoms with van der Waals surface area (Å²) in [6, 6.07) is 4.34. The fourth-order valence-corrected chi connectivity index (χ4v) is 5.43. The maximum atomic E-state index is 13.4. The Labute approximate surface area is 229 Å². The van der Waals surface area contributed by atoms with E-state index in [-0.39, 0.29) is 24.8 Å². The zero-order valence-corrected chi connectivity index (χ0v) is 23.5. The van der Waals surface area contributed by atoms with Gasteiger partial charge in [0.05, 0.1) is 21.3 Å². The molecule has 2 heterocycles. The summed E-state index contributed by atoms with van der Waals surface area (Å²) in [6.07, 6.45) is 4.07. The molecule has 2 aromatic rings. The zero-order valence-electron chi connectivity index (χ0n) is 22.7. The molecule has 0 radical (unpaired) electrons. The number of nitrogens with one attached hydrogen (secondary N) is 4. The molecule has 1 aromatic carbocycles. The number of hydrogen-bond acceptors (Lipinski definition) is 6. The quantitative estimate of drug-likeness (QED) is 0.230. The number of rotatable bonds is 13. The molecule has 10 heteroatoms. The van der Waals surface area contributed by atoms with Gasteiger partial charge in [0, 0.05) is 32.1 Å². The molecular weight excluding hydrogens is 500 g/mol. The van der Waals surface area contributed by atoms with E-state index in [1.54, 1.807) is 0 Å². The predicted molar refractivity (Wildman–Crippen MR) is 153 cm³/mol. The molecule has 0 bridgehead atoms. The van der Waals surface area contributed by atoms with E-state index in [4.69, 9.17) is 0 Å². The molecule has 0 unspecified atom stereocenters. The Bertz CT molecular complexity index is 1170. The Balaban J connectivity index is 1.67. The molecule has 1 aliphatic heterocycles. The van der Waals surface area contributed by atoms with Crippen LogP contribution < -0.4 is 21.3 Å². The van der Waals surface area contributed by atoms with Crippen LogP contribution in [0.5, 0.6) is 0 Å². The third-order valence-corrected chi connectivity index (χ3v) is 7.84. The molecule has 3 rings (SSSR count). The number of amides is 4. The molecule has 0 spiro atoms. The van der Waals surface area contributed by atoms with E-state index < -0.39 is 18.1 Å². The minimum absolute atomic E-state index is 0.184. The summed E-state index contributed by atoms with van der Waals surface area (Å²) in [7, 11) is 1.50. The predicted octanol–water partition coefficient (Wildman–Crippen LogP) is 2.92. The van der Waals surface area contributed by atoms with Crippen molar-refractivity contribution in [3.63, 3.8) is 0 Å². The smallest absolute Gasteiger partial charge is 0.315 e. The van der Waals surface area contributed by atoms with Crippen molar-refractivity contribution < 1.29 is 14.4 Å². The van der Waals surface area contributed by atoms with Crippen LogP contribution in [-0.4, -0.2) is 73.0 Å². The third kappa shape index (κ3) is 8.13. The zero-order chi connectivity index (χ0) is 27.7. The molecule has 0 aliphatic carbocycles. The summed E-state index contributed by atoms with van der Waals surface area (Å²) in [5, 5.41) is 11.9. The minimum Gasteiger partial charge on any atom is -0.350 e. The number of hydrogen-bond donors (Lipinski definition) is 4. The first kappa shape index (κ1) is 29.3. The van der Waals surface area contributed by atoms with Crippen molar-refractivity contribution in [3.05, 3.63) is 53.1 Å². The summed E-state index contributed by atoms with van der Waals surface area (Å²) >= 11 is 1.52. The van der Waals surface area contributed by atoms with E-state index in [9.17, 15) is 14.4 Å². The second kappa shape index (κ2) is 14.1. The van der Waals surface area contributed by atoms with Gasteiger partial charge in [-0.2, -0.15) is 0 Å². The normalized spacial score (nSPS) is 15.0. The number of aryl methyl sites for hydroxylation is 1. The molecule has 206 valence electrons. The number of carbonyl (C=O) groups is 3. The second-order valence-corrected chi connectivity index (χ2v) is 10.7. The van der Waals surface area contributed by atoms with Crippen LogP contribution in [0.4, 0.5) is 4.79 Å². The molecule has 9 nitrogen and oxygen atoms in total. The van der Waals surface area contributed by atoms with Crippen LogP contribution in [0.3, 0.4) is 0 Å². The summed E-state index contributed by atoms with van der Waals surface area (Å²) in [5.74, 6) is -0.604. The first-order valence-corrected chi connectivity index (χ1v) is 14.1. The van der Waals surface area contributed by atoms with Crippen LogP contribution in [0.15, 0.2) is 42.5 Å². The van der Waals surface area contributed by atoms with Crippen LogP contribution in [0.1, 0.15) is 43.7 Å². The molecule has 2 atom stereocenters. The molecule has 4 amide bonds. The average Bonchev–Trinajstić information content (AvgIpc) is 3.58. The maximum absolute atomic E-state index is 13.4. The Kier molecular flexibility index (Phi) is 10.8. The summed E-state index contributed by atoms with van der Waals surface area (Å²) in [6.45, 7) is 14.8. The largest absolute Gasteiger partial charge is 0.350 e. The first-order valence-electron chi connectivity index (χ1n) is 13.3. The van der Waals surface area contributed by atoms with Crippen molar-refractivity contribution in [1.82, 2.24) is 31.2 Å². The summed E-state index contributed by atoms with van der Waals surface area (Å²) < 4.78 is 1.05. The van der Waals surface area contributed by atoms with Gasteiger partial charge >= 0.3 is 6.03 Å². The van der Waals surface area contributed by atoms with Crippen LogP contribution in [-0.2, 0) is 22.4 Å². The van der Waals surface area contributed by atoms with Crippen LogP contribution in [0.25, 0.3) is 10.2 Å². The molecule has 1 aromatic heterocycles. The molecular formula is C28H40N6O3S. The summed E-state index contributed by atoms with van der Waals surface area (Å²) in [4.78, 5) is 45.1. The lowest BCUT2D eigenvalue weighted by atomic mass is 10.0. The molecule has 1 aliphatic rings. The van der Waals surface area contributed by atoms with E-state index in [1.807, 2.05) is 19.1 Å². The number of carbonyl (C=O) groups excluding carboxylic acids is 3. The van der Waals surface area contributed by atoms with Crippen molar-refractivity contribution in [1.29, 1.82) is 0 Å². The van der Waals surface area contributed by atoms with E-state index in [2.05, 4.69) is 57.3 Å². The Morgan fingerprint density at radius 2 is 1.84 bits per heavy atom. The lowest BCUT2D eigenvalue weighted by Gasteiger charge is -2.25. The Hall–Kier alpha value is -3.24. The van der Waals surface area contributed by atoms with Crippen LogP contribution >= 0.6 is 11.3 Å². The van der Waals surface area contributed by atoms with E-state index >= 15 is 0 Å². The molecule has 1 saturated heterocycles. The number of likely N-dealkylation sites (tertiary alicyclic amines) is 1. The van der Waals surface area contributed by atoms with Crippen LogP contribution in [0, 0.1) is 0 Å². The maximum Gasteiger partial charge on any atom is 0.315 e. The van der Waals surface area contributed by atoms with Gasteiger partial charge in [-0.3, -0.25) is 14.5 Å².